The summed E-state index contributed by atoms with van der Waals surface area (Å²) in [6.45, 7) is 3.71. The molecule has 0 heterocycles. The minimum absolute atomic E-state index is 0.0627. The third-order valence-electron chi connectivity index (χ3n) is 3.06. The van der Waals surface area contributed by atoms with Crippen molar-refractivity contribution in [3.63, 3.8) is 0 Å². The van der Waals surface area contributed by atoms with Gasteiger partial charge in [0.2, 0.25) is 0 Å². The summed E-state index contributed by atoms with van der Waals surface area (Å²) in [6, 6.07) is 6.54. The smallest absolute Gasteiger partial charge is 0.175 e. The van der Waals surface area contributed by atoms with Gasteiger partial charge in [0.15, 0.2) is 9.84 Å². The van der Waals surface area contributed by atoms with E-state index in [1.165, 1.54) is 6.26 Å². The summed E-state index contributed by atoms with van der Waals surface area (Å²) in [4.78, 5) is 0.308. The molecule has 4 nitrogen and oxygen atoms in total. The highest BCUT2D eigenvalue weighted by atomic mass is 32.2. The minimum atomic E-state index is -3.19. The molecule has 0 aliphatic heterocycles. The number of hydrogen-bond acceptors (Lipinski definition) is 4. The van der Waals surface area contributed by atoms with Crippen LogP contribution in [0.3, 0.4) is 0 Å². The van der Waals surface area contributed by atoms with Crippen LogP contribution < -0.4 is 5.73 Å². The van der Waals surface area contributed by atoms with E-state index >= 15 is 0 Å². The van der Waals surface area contributed by atoms with Gasteiger partial charge in [-0.15, -0.1) is 0 Å². The number of sulfone groups is 1. The first-order chi connectivity index (χ1) is 8.21. The Hall–Kier alpha value is -0.910. The lowest BCUT2D eigenvalue weighted by molar-refractivity contribution is 0.134. The molecule has 102 valence electrons. The zero-order chi connectivity index (χ0) is 13.9. The van der Waals surface area contributed by atoms with Gasteiger partial charge in [0.1, 0.15) is 0 Å². The van der Waals surface area contributed by atoms with E-state index in [0.717, 1.165) is 5.56 Å². The van der Waals surface area contributed by atoms with Gasteiger partial charge in [-0.3, -0.25) is 0 Å². The largest absolute Gasteiger partial charge is 0.392 e. The van der Waals surface area contributed by atoms with Crippen molar-refractivity contribution >= 4 is 9.84 Å². The first kappa shape index (κ1) is 15.1. The molecule has 18 heavy (non-hydrogen) atoms. The molecule has 0 saturated carbocycles. The second-order valence-corrected chi connectivity index (χ2v) is 6.92. The molecule has 0 amide bonds. The van der Waals surface area contributed by atoms with Crippen LogP contribution in [0.15, 0.2) is 29.2 Å². The van der Waals surface area contributed by atoms with Gasteiger partial charge in [0.05, 0.1) is 11.0 Å². The van der Waals surface area contributed by atoms with Crippen molar-refractivity contribution in [1.29, 1.82) is 0 Å². The van der Waals surface area contributed by atoms with Crippen molar-refractivity contribution in [1.82, 2.24) is 0 Å². The number of aliphatic hydroxyl groups excluding tert-OH is 1. The highest BCUT2D eigenvalue weighted by molar-refractivity contribution is 7.90. The standard InChI is InChI=1S/C13H21NO3S/c1-9(7-13(15)10(2)14)11-5-4-6-12(8-11)18(3,16)17/h4-6,8-10,13,15H,7,14H2,1-3H3. The monoisotopic (exact) mass is 271 g/mol. The average molecular weight is 271 g/mol. The maximum Gasteiger partial charge on any atom is 0.175 e. The molecule has 1 aromatic carbocycles. The van der Waals surface area contributed by atoms with E-state index in [9.17, 15) is 13.5 Å². The van der Waals surface area contributed by atoms with Gasteiger partial charge in [-0.25, -0.2) is 8.42 Å². The molecule has 3 N–H and O–H groups in total. The Kier molecular flexibility index (Phi) is 4.90. The van der Waals surface area contributed by atoms with Gasteiger partial charge < -0.3 is 10.8 Å². The maximum absolute atomic E-state index is 11.5. The predicted molar refractivity (Wildman–Crippen MR) is 72.2 cm³/mol. The van der Waals surface area contributed by atoms with Crippen LogP contribution in [0.1, 0.15) is 31.7 Å². The van der Waals surface area contributed by atoms with Gasteiger partial charge >= 0.3 is 0 Å². The molecular weight excluding hydrogens is 250 g/mol. The van der Waals surface area contributed by atoms with E-state index in [2.05, 4.69) is 0 Å². The van der Waals surface area contributed by atoms with Gasteiger partial charge in [0.25, 0.3) is 0 Å². The Bertz CT molecular complexity index is 497. The fourth-order valence-corrected chi connectivity index (χ4v) is 2.44. The fraction of sp³-hybridized carbons (Fsp3) is 0.538. The van der Waals surface area contributed by atoms with Crippen molar-refractivity contribution in [2.75, 3.05) is 6.26 Å². The number of aliphatic hydroxyl groups is 1. The third kappa shape index (κ3) is 4.08. The molecule has 1 rings (SSSR count). The first-order valence-electron chi connectivity index (χ1n) is 5.95. The van der Waals surface area contributed by atoms with Crippen LogP contribution in [-0.4, -0.2) is 31.9 Å². The Labute approximate surface area is 109 Å². The summed E-state index contributed by atoms with van der Waals surface area (Å²) in [5.41, 5.74) is 6.52. The van der Waals surface area contributed by atoms with Crippen molar-refractivity contribution < 1.29 is 13.5 Å². The molecule has 3 unspecified atom stereocenters. The van der Waals surface area contributed by atoms with Gasteiger partial charge in [-0.2, -0.15) is 0 Å². The molecule has 0 spiro atoms. The second-order valence-electron chi connectivity index (χ2n) is 4.91. The molecule has 0 aromatic heterocycles. The van der Waals surface area contributed by atoms with Crippen molar-refractivity contribution in [3.8, 4) is 0 Å². The summed E-state index contributed by atoms with van der Waals surface area (Å²) < 4.78 is 22.9. The van der Waals surface area contributed by atoms with Crippen LogP contribution in [0.2, 0.25) is 0 Å². The fourth-order valence-electron chi connectivity index (χ4n) is 1.76. The van der Waals surface area contributed by atoms with Crippen molar-refractivity contribution in [2.24, 2.45) is 5.73 Å². The molecule has 0 saturated heterocycles. The van der Waals surface area contributed by atoms with Crippen LogP contribution in [-0.2, 0) is 9.84 Å². The van der Waals surface area contributed by atoms with E-state index in [-0.39, 0.29) is 12.0 Å². The topological polar surface area (TPSA) is 80.4 Å². The number of nitrogens with two attached hydrogens (primary N) is 1. The molecule has 0 fully saturated rings. The molecule has 3 atom stereocenters. The minimum Gasteiger partial charge on any atom is -0.392 e. The molecule has 0 bridgehead atoms. The van der Waals surface area contributed by atoms with Crippen molar-refractivity contribution in [3.05, 3.63) is 29.8 Å². The summed E-state index contributed by atoms with van der Waals surface area (Å²) >= 11 is 0. The number of rotatable bonds is 5. The molecule has 1 aromatic rings. The van der Waals surface area contributed by atoms with Crippen LogP contribution in [0.25, 0.3) is 0 Å². The summed E-state index contributed by atoms with van der Waals surface area (Å²) in [5, 5.41) is 9.74. The maximum atomic E-state index is 11.5. The van der Waals surface area contributed by atoms with E-state index in [1.807, 2.05) is 13.0 Å². The van der Waals surface area contributed by atoms with Crippen LogP contribution >= 0.6 is 0 Å². The van der Waals surface area contributed by atoms with Gasteiger partial charge in [-0.05, 0) is 37.0 Å². The lowest BCUT2D eigenvalue weighted by atomic mass is 9.93. The average Bonchev–Trinajstić information content (AvgIpc) is 2.27. The molecule has 0 aliphatic rings. The van der Waals surface area contributed by atoms with E-state index in [1.54, 1.807) is 25.1 Å². The normalized spacial score (nSPS) is 17.2. The zero-order valence-electron chi connectivity index (χ0n) is 11.0. The van der Waals surface area contributed by atoms with Gasteiger partial charge in [-0.1, -0.05) is 19.1 Å². The lowest BCUT2D eigenvalue weighted by Crippen LogP contribution is -2.32. The Morgan fingerprint density at radius 1 is 1.33 bits per heavy atom. The van der Waals surface area contributed by atoms with E-state index in [4.69, 9.17) is 5.73 Å². The second kappa shape index (κ2) is 5.82. The van der Waals surface area contributed by atoms with Gasteiger partial charge in [0, 0.05) is 12.3 Å². The molecule has 5 heteroatoms. The summed E-state index contributed by atoms with van der Waals surface area (Å²) in [5.74, 6) is 0.0627. The first-order valence-corrected chi connectivity index (χ1v) is 7.84. The Morgan fingerprint density at radius 2 is 1.94 bits per heavy atom. The van der Waals surface area contributed by atoms with E-state index in [0.29, 0.717) is 11.3 Å². The molecule has 0 radical (unpaired) electrons. The number of benzene rings is 1. The molecule has 0 aliphatic carbocycles. The molecular formula is C13H21NO3S. The summed E-state index contributed by atoms with van der Waals surface area (Å²) in [7, 11) is -3.19. The highest BCUT2D eigenvalue weighted by Gasteiger charge is 2.17. The van der Waals surface area contributed by atoms with Crippen LogP contribution in [0, 0.1) is 0 Å². The highest BCUT2D eigenvalue weighted by Crippen LogP contribution is 2.23. The van der Waals surface area contributed by atoms with Crippen LogP contribution in [0.4, 0.5) is 0 Å². The SMILES string of the molecule is CC(CC(O)C(C)N)c1cccc(S(C)(=O)=O)c1. The number of hydrogen-bond donors (Lipinski definition) is 2. The predicted octanol–water partition coefficient (Wildman–Crippen LogP) is 1.29. The van der Waals surface area contributed by atoms with E-state index < -0.39 is 15.9 Å². The quantitative estimate of drug-likeness (QED) is 0.845. The Morgan fingerprint density at radius 3 is 2.44 bits per heavy atom. The van der Waals surface area contributed by atoms with Crippen molar-refractivity contribution in [2.45, 2.75) is 43.2 Å². The zero-order valence-corrected chi connectivity index (χ0v) is 11.8. The Balaban J connectivity index is 2.90. The lowest BCUT2D eigenvalue weighted by Gasteiger charge is -2.19. The summed E-state index contributed by atoms with van der Waals surface area (Å²) in [6.07, 6.45) is 1.13. The third-order valence-corrected chi connectivity index (χ3v) is 4.17. The van der Waals surface area contributed by atoms with Crippen LogP contribution in [0.5, 0.6) is 0 Å².